The van der Waals surface area contributed by atoms with E-state index in [0.717, 1.165) is 66.1 Å². The normalized spacial score (nSPS) is 19.4. The number of alkyl halides is 2. The molecule has 8 aromatic rings. The van der Waals surface area contributed by atoms with Crippen LogP contribution in [-0.2, 0) is 54.7 Å². The van der Waals surface area contributed by atoms with Gasteiger partial charge in [-0.2, -0.15) is 0 Å². The maximum absolute atomic E-state index is 13.2. The van der Waals surface area contributed by atoms with Crippen LogP contribution in [0.25, 0.3) is 21.5 Å². The van der Waals surface area contributed by atoms with Gasteiger partial charge in [0.25, 0.3) is 0 Å². The summed E-state index contributed by atoms with van der Waals surface area (Å²) in [5.74, 6) is -0.500. The summed E-state index contributed by atoms with van der Waals surface area (Å²) in [7, 11) is 0. The molecule has 8 N–H and O–H groups in total. The van der Waals surface area contributed by atoms with Crippen molar-refractivity contribution in [2.45, 2.75) is 173 Å². The summed E-state index contributed by atoms with van der Waals surface area (Å²) in [5, 5.41) is 67.4. The van der Waals surface area contributed by atoms with E-state index in [1.54, 1.807) is 42.9 Å². The number of rotatable bonds is 36. The van der Waals surface area contributed by atoms with Gasteiger partial charge in [-0.15, -0.1) is 23.2 Å². The van der Waals surface area contributed by atoms with E-state index in [4.69, 9.17) is 47.9 Å². The van der Waals surface area contributed by atoms with E-state index >= 15 is 0 Å². The Morgan fingerprint density at radius 1 is 0.528 bits per heavy atom. The van der Waals surface area contributed by atoms with Gasteiger partial charge >= 0.3 is 11.9 Å². The maximum Gasteiger partial charge on any atom is 0.306 e. The lowest BCUT2D eigenvalue weighted by Gasteiger charge is -2.19. The van der Waals surface area contributed by atoms with Gasteiger partial charge in [0.15, 0.2) is 0 Å². The smallest absolute Gasteiger partial charge is 0.306 e. The first-order valence-electron chi connectivity index (χ1n) is 37.0. The molecule has 2 heterocycles. The molecule has 0 radical (unpaired) electrons. The molecule has 2 fully saturated rings. The molecule has 6 aromatic carbocycles. The number of fused-ring (bicyclic) bond motifs is 2. The van der Waals surface area contributed by atoms with Crippen LogP contribution < -0.4 is 15.2 Å². The van der Waals surface area contributed by atoms with Crippen molar-refractivity contribution in [2.24, 2.45) is 29.4 Å². The van der Waals surface area contributed by atoms with Crippen molar-refractivity contribution in [1.82, 2.24) is 9.97 Å². The van der Waals surface area contributed by atoms with Gasteiger partial charge in [-0.25, -0.2) is 0 Å². The molecule has 0 bridgehead atoms. The number of carbonyl (C=O) groups excluding carboxylic acids is 4. The largest absolute Gasteiger partial charge is 0.491 e. The van der Waals surface area contributed by atoms with Gasteiger partial charge in [-0.3, -0.25) is 29.1 Å². The molecule has 2 aromatic heterocycles. The lowest BCUT2D eigenvalue weighted by Crippen LogP contribution is -2.23. The van der Waals surface area contributed by atoms with Crippen molar-refractivity contribution in [3.8, 4) is 11.5 Å². The molecule has 0 aliphatic heterocycles. The molecule has 576 valence electrons. The van der Waals surface area contributed by atoms with E-state index < -0.39 is 42.5 Å². The minimum absolute atomic E-state index is 0. The van der Waals surface area contributed by atoms with Crippen molar-refractivity contribution in [1.29, 1.82) is 0 Å². The molecular formula is C89H107Cl2N3O14. The molecule has 0 spiro atoms. The van der Waals surface area contributed by atoms with Crippen LogP contribution in [0, 0.1) is 37.5 Å². The zero-order valence-corrected chi connectivity index (χ0v) is 62.8. The summed E-state index contributed by atoms with van der Waals surface area (Å²) < 4.78 is 22.3. The van der Waals surface area contributed by atoms with E-state index in [2.05, 4.69) is 16.0 Å². The number of esters is 2. The summed E-state index contributed by atoms with van der Waals surface area (Å²) >= 11 is 9.53. The number of aliphatic hydroxyl groups is 6. The third-order valence-corrected chi connectivity index (χ3v) is 19.6. The highest BCUT2D eigenvalue weighted by atomic mass is 35.5. The Morgan fingerprint density at radius 2 is 0.935 bits per heavy atom. The third kappa shape index (κ3) is 28.1. The number of nitrogens with two attached hydrogens (primary N) is 1. The van der Waals surface area contributed by atoms with Gasteiger partial charge < -0.3 is 55.3 Å². The zero-order valence-electron chi connectivity index (χ0n) is 61.3. The average Bonchev–Trinajstić information content (AvgIpc) is 1.48. The predicted molar refractivity (Wildman–Crippen MR) is 428 cm³/mol. The van der Waals surface area contributed by atoms with Gasteiger partial charge in [0.05, 0.1) is 35.7 Å². The molecule has 2 aliphatic carbocycles. The van der Waals surface area contributed by atoms with Crippen LogP contribution in [0.4, 0.5) is 0 Å². The number of nitrogens with zero attached hydrogens (tertiary/aromatic N) is 2. The minimum Gasteiger partial charge on any atom is -0.491 e. The fourth-order valence-electron chi connectivity index (χ4n) is 13.7. The molecule has 2 saturated carbocycles. The predicted octanol–water partition coefficient (Wildman–Crippen LogP) is 15.3. The molecule has 108 heavy (non-hydrogen) atoms. The first-order chi connectivity index (χ1) is 51.8. The van der Waals surface area contributed by atoms with Gasteiger partial charge in [-0.05, 0) is 162 Å². The van der Waals surface area contributed by atoms with Crippen LogP contribution in [-0.4, -0.2) is 126 Å². The number of aryl methyl sites for hydroxylation is 2. The number of pyridine rings is 2. The summed E-state index contributed by atoms with van der Waals surface area (Å²) in [6.45, 7) is 6.68. The van der Waals surface area contributed by atoms with Crippen molar-refractivity contribution in [3.05, 3.63) is 263 Å². The third-order valence-electron chi connectivity index (χ3n) is 19.6. The summed E-state index contributed by atoms with van der Waals surface area (Å²) in [4.78, 5) is 59.5. The quantitative estimate of drug-likeness (QED) is 0.00832. The lowest BCUT2D eigenvalue weighted by molar-refractivity contribution is -0.145. The van der Waals surface area contributed by atoms with Crippen LogP contribution in [0.3, 0.4) is 0 Å². The van der Waals surface area contributed by atoms with Crippen molar-refractivity contribution >= 4 is 68.3 Å². The molecule has 12 atom stereocenters. The number of Topliss-reactive ketones (excluding diaryl/α,β-unsaturated/α-hetero) is 2. The Hall–Kier alpha value is -8.72. The first-order valence-corrected chi connectivity index (χ1v) is 38.0. The number of hydrogen-bond acceptors (Lipinski definition) is 17. The summed E-state index contributed by atoms with van der Waals surface area (Å²) in [6, 6.07) is 46.3. The van der Waals surface area contributed by atoms with Gasteiger partial charge in [-0.1, -0.05) is 172 Å². The SMILES string of the molecule is C.CCC(C(=O)Cc1ccc2cnccc2c1)c1ccc(COC(=O)CCC/C=C\C[C@@H]2[C@@H](/C=C/[C@@H](O)COc3cccc(C)c3)[C@H](O)C[C@@H]2O)cc1.Cc1cccc(OC[C@H](O)/C=C/[C@@H]2[C@@H](C/C=C\CCCC(=O)OCc3ccc(C(CN)C(=O)Cc4ccc5cnccc5c4)cc3)[C@@H](O)C[C@H]2O)c1.ClCCl. The Balaban J connectivity index is 0.000000288. The second-order valence-electron chi connectivity index (χ2n) is 27.6. The number of unbranched alkanes of at least 4 members (excludes halogenated alkanes) is 2. The van der Waals surface area contributed by atoms with Gasteiger partial charge in [0.1, 0.15) is 61.7 Å². The number of carbonyl (C=O) groups is 4. The van der Waals surface area contributed by atoms with E-state index in [1.807, 2.05) is 191 Å². The van der Waals surface area contributed by atoms with E-state index in [0.29, 0.717) is 75.7 Å². The number of aromatic nitrogens is 2. The number of ether oxygens (including phenoxy) is 4. The molecule has 0 amide bonds. The second kappa shape index (κ2) is 45.9. The lowest BCUT2D eigenvalue weighted by atomic mass is 9.88. The highest BCUT2D eigenvalue weighted by molar-refractivity contribution is 6.40. The standard InChI is InChI=1S/C44H51NO7.C43H50N2O7.CH2Cl2.CH4/c1-3-38(41(47)25-32-15-18-35-27-45-22-21-34(35)24-32)33-16-13-31(14-17-33)28-52-44(50)12-7-5-4-6-11-39-40(43(49)26-42(39)48)20-19-36(46)29-51-37-10-8-9-30(2)23-37;1-29-7-6-8-36(21-29)51-28-35(46)17-18-38-37(41(48)24-42(38)49)9-4-2-3-5-10-43(50)52-27-30-11-14-32(15-12-30)39(25-44)40(47)23-31-13-16-34-26-45-20-19-33(34)22-31;2-1-3;/h4,6,8-10,13-24,27,36,38-40,42-43,46,48-49H,3,5,7,11-12,25-26,28-29H2,1-2H3;2,4,6-8,11-22,26,35,37-39,41-42,46,48-49H,3,5,9-10,23-25,27-28,44H2,1H3;1H2;1H4/b6-4-,20-19+;4-2-,18-17+;;/t36-,38?,39-,40-,42+,43-;35-,37-,38-,39?,41+,42-;;/m11../s1. The number of ketones is 2. The topological polar surface area (TPSA) is 278 Å². The molecule has 0 saturated heterocycles. The minimum atomic E-state index is -0.842. The van der Waals surface area contributed by atoms with E-state index in [-0.39, 0.29) is 118 Å². The first kappa shape index (κ1) is 86.5. The Kier molecular flexibility index (Phi) is 36.8. The molecule has 17 nitrogen and oxygen atoms in total. The van der Waals surface area contributed by atoms with Crippen molar-refractivity contribution < 1.29 is 68.8 Å². The molecule has 19 heteroatoms. The van der Waals surface area contributed by atoms with E-state index in [1.165, 1.54) is 0 Å². The maximum atomic E-state index is 13.2. The average molecular weight is 1510 g/mol. The number of benzene rings is 6. The van der Waals surface area contributed by atoms with Crippen LogP contribution >= 0.6 is 23.2 Å². The zero-order chi connectivity index (χ0) is 76.5. The van der Waals surface area contributed by atoms with Crippen LogP contribution in [0.5, 0.6) is 11.5 Å². The monoisotopic (exact) mass is 1510 g/mol. The Morgan fingerprint density at radius 3 is 1.34 bits per heavy atom. The number of halogens is 2. The molecule has 2 aliphatic rings. The fourth-order valence-corrected chi connectivity index (χ4v) is 13.7. The molecule has 2 unspecified atom stereocenters. The highest BCUT2D eigenvalue weighted by Gasteiger charge is 2.40. The van der Waals surface area contributed by atoms with Crippen molar-refractivity contribution in [3.63, 3.8) is 0 Å². The van der Waals surface area contributed by atoms with Crippen molar-refractivity contribution in [2.75, 3.05) is 25.1 Å². The molecule has 10 rings (SSSR count). The van der Waals surface area contributed by atoms with Gasteiger partial charge in [0.2, 0.25) is 0 Å². The number of hydrogen-bond donors (Lipinski definition) is 7. The second-order valence-corrected chi connectivity index (χ2v) is 28.4. The van der Waals surface area contributed by atoms with E-state index in [9.17, 15) is 49.8 Å². The number of allylic oxidation sites excluding steroid dienone is 4. The molecular weight excluding hydrogens is 1410 g/mol. The Bertz CT molecular complexity index is 3940. The number of aliphatic hydroxyl groups excluding tert-OH is 6. The van der Waals surface area contributed by atoms with Crippen LogP contribution in [0.15, 0.2) is 219 Å². The Labute approximate surface area is 646 Å². The summed E-state index contributed by atoms with van der Waals surface area (Å²) in [5.41, 5.74) is 13.6. The highest BCUT2D eigenvalue weighted by Crippen LogP contribution is 2.38. The van der Waals surface area contributed by atoms with Crippen LogP contribution in [0.2, 0.25) is 0 Å². The van der Waals surface area contributed by atoms with Crippen LogP contribution in [0.1, 0.15) is 141 Å². The fraction of sp³-hybridized carbons (Fsp3) is 0.393. The van der Waals surface area contributed by atoms with Gasteiger partial charge in [0, 0.05) is 98.4 Å². The summed E-state index contributed by atoms with van der Waals surface area (Å²) in [6.07, 6.45) is 23.8.